The molecule has 3 aromatic carbocycles. The van der Waals surface area contributed by atoms with Crippen molar-refractivity contribution < 1.29 is 9.59 Å². The first kappa shape index (κ1) is 20.9. The molecule has 4 nitrogen and oxygen atoms in total. The van der Waals surface area contributed by atoms with E-state index in [9.17, 15) is 9.59 Å². The molecule has 0 spiro atoms. The van der Waals surface area contributed by atoms with Gasteiger partial charge in [-0.2, -0.15) is 0 Å². The predicted octanol–water partition coefficient (Wildman–Crippen LogP) is 4.97. The van der Waals surface area contributed by atoms with E-state index >= 15 is 0 Å². The molecule has 0 radical (unpaired) electrons. The van der Waals surface area contributed by atoms with E-state index in [-0.39, 0.29) is 23.8 Å². The van der Waals surface area contributed by atoms with Crippen LogP contribution in [0, 0.1) is 5.92 Å². The van der Waals surface area contributed by atoms with Crippen LogP contribution >= 0.6 is 0 Å². The van der Waals surface area contributed by atoms with E-state index in [0.717, 1.165) is 11.1 Å². The monoisotopic (exact) mass is 412 g/mol. The summed E-state index contributed by atoms with van der Waals surface area (Å²) in [7, 11) is 0. The fourth-order valence-electron chi connectivity index (χ4n) is 4.09. The highest BCUT2D eigenvalue weighted by Gasteiger charge is 2.27. The minimum absolute atomic E-state index is 0.00671. The quantitative estimate of drug-likeness (QED) is 0.602. The number of benzene rings is 3. The largest absolute Gasteiger partial charge is 0.349 e. The molecule has 158 valence electrons. The number of carbonyl (C=O) groups excluding carboxylic acids is 2. The lowest BCUT2D eigenvalue weighted by Gasteiger charge is -2.31. The summed E-state index contributed by atoms with van der Waals surface area (Å²) in [5.41, 5.74) is 2.11. The second-order valence-corrected chi connectivity index (χ2v) is 8.18. The minimum Gasteiger partial charge on any atom is -0.349 e. The number of amides is 2. The van der Waals surface area contributed by atoms with Gasteiger partial charge in [-0.1, -0.05) is 66.7 Å². The maximum absolute atomic E-state index is 12.8. The van der Waals surface area contributed by atoms with Crippen molar-refractivity contribution in [3.05, 3.63) is 90.0 Å². The van der Waals surface area contributed by atoms with Crippen LogP contribution in [0.15, 0.2) is 78.9 Å². The molecule has 1 unspecified atom stereocenters. The maximum Gasteiger partial charge on any atom is 0.246 e. The van der Waals surface area contributed by atoms with Gasteiger partial charge in [-0.15, -0.1) is 0 Å². The lowest BCUT2D eigenvalue weighted by molar-refractivity contribution is -0.132. The van der Waals surface area contributed by atoms with Crippen LogP contribution in [0.3, 0.4) is 0 Å². The van der Waals surface area contributed by atoms with Gasteiger partial charge in [0, 0.05) is 25.1 Å². The molecule has 3 aromatic rings. The van der Waals surface area contributed by atoms with Crippen LogP contribution in [0.5, 0.6) is 0 Å². The molecule has 2 amide bonds. The number of nitrogens with zero attached hydrogens (tertiary/aromatic N) is 1. The molecule has 4 heteroatoms. The molecule has 1 atom stereocenters. The zero-order valence-electron chi connectivity index (χ0n) is 17.8. The Kier molecular flexibility index (Phi) is 6.46. The number of hydrogen-bond donors (Lipinski definition) is 1. The number of likely N-dealkylation sites (tertiary alicyclic amines) is 1. The standard InChI is InChI=1S/C27H28N2O2/c1-20(24-13-12-22-9-5-6-10-25(22)19-24)28-27(31)23-15-17-29(18-16-23)26(30)14-11-21-7-3-2-4-8-21/h2-14,19-20,23H,15-18H2,1H3,(H,28,31)/b14-11+. The topological polar surface area (TPSA) is 49.4 Å². The highest BCUT2D eigenvalue weighted by atomic mass is 16.2. The van der Waals surface area contributed by atoms with E-state index in [1.807, 2.05) is 60.4 Å². The maximum atomic E-state index is 12.8. The van der Waals surface area contributed by atoms with E-state index in [2.05, 4.69) is 35.6 Å². The van der Waals surface area contributed by atoms with Crippen molar-refractivity contribution in [3.8, 4) is 0 Å². The second kappa shape index (κ2) is 9.61. The Bertz CT molecular complexity index is 1080. The molecular formula is C27H28N2O2. The Morgan fingerprint density at radius 1 is 0.935 bits per heavy atom. The average Bonchev–Trinajstić information content (AvgIpc) is 2.83. The van der Waals surface area contributed by atoms with E-state index in [0.29, 0.717) is 25.9 Å². The first-order chi connectivity index (χ1) is 15.1. The number of nitrogens with one attached hydrogen (secondary N) is 1. The summed E-state index contributed by atoms with van der Waals surface area (Å²) in [5.74, 6) is 0.0323. The van der Waals surface area contributed by atoms with Crippen molar-refractivity contribution >= 4 is 28.7 Å². The van der Waals surface area contributed by atoms with Gasteiger partial charge in [0.1, 0.15) is 0 Å². The van der Waals surface area contributed by atoms with Gasteiger partial charge in [0.2, 0.25) is 11.8 Å². The molecule has 31 heavy (non-hydrogen) atoms. The van der Waals surface area contributed by atoms with Gasteiger partial charge in [0.15, 0.2) is 0 Å². The Morgan fingerprint density at radius 3 is 2.35 bits per heavy atom. The summed E-state index contributed by atoms with van der Waals surface area (Å²) >= 11 is 0. The molecule has 0 aliphatic carbocycles. The van der Waals surface area contributed by atoms with Crippen LogP contribution < -0.4 is 5.32 Å². The minimum atomic E-state index is -0.0509. The molecule has 1 aliphatic rings. The smallest absolute Gasteiger partial charge is 0.246 e. The van der Waals surface area contributed by atoms with Crippen molar-refractivity contribution in [1.82, 2.24) is 10.2 Å². The average molecular weight is 413 g/mol. The number of fused-ring (bicyclic) bond motifs is 1. The molecule has 0 aromatic heterocycles. The Labute approximate surface area is 183 Å². The Balaban J connectivity index is 1.29. The van der Waals surface area contributed by atoms with E-state index < -0.39 is 0 Å². The van der Waals surface area contributed by atoms with Crippen LogP contribution in [0.25, 0.3) is 16.8 Å². The van der Waals surface area contributed by atoms with Crippen LogP contribution in [-0.2, 0) is 9.59 Å². The van der Waals surface area contributed by atoms with Crippen LogP contribution in [0.2, 0.25) is 0 Å². The van der Waals surface area contributed by atoms with Gasteiger partial charge in [0.05, 0.1) is 6.04 Å². The molecule has 1 N–H and O–H groups in total. The van der Waals surface area contributed by atoms with E-state index in [4.69, 9.17) is 0 Å². The van der Waals surface area contributed by atoms with Gasteiger partial charge in [0.25, 0.3) is 0 Å². The molecule has 1 aliphatic heterocycles. The number of rotatable bonds is 5. The Morgan fingerprint density at radius 2 is 1.61 bits per heavy atom. The molecule has 0 bridgehead atoms. The van der Waals surface area contributed by atoms with Gasteiger partial charge in [-0.25, -0.2) is 0 Å². The van der Waals surface area contributed by atoms with Crippen LogP contribution in [0.1, 0.15) is 36.9 Å². The van der Waals surface area contributed by atoms with Gasteiger partial charge in [-0.05, 0) is 53.8 Å². The van der Waals surface area contributed by atoms with Crippen molar-refractivity contribution in [2.75, 3.05) is 13.1 Å². The van der Waals surface area contributed by atoms with E-state index in [1.54, 1.807) is 6.08 Å². The summed E-state index contributed by atoms with van der Waals surface area (Å²) in [6, 6.07) is 24.3. The highest BCUT2D eigenvalue weighted by Crippen LogP contribution is 2.23. The third-order valence-corrected chi connectivity index (χ3v) is 6.03. The summed E-state index contributed by atoms with van der Waals surface area (Å²) in [6.07, 6.45) is 4.85. The fraction of sp³-hybridized carbons (Fsp3) is 0.259. The summed E-state index contributed by atoms with van der Waals surface area (Å²) in [5, 5.41) is 5.54. The molecular weight excluding hydrogens is 384 g/mol. The molecule has 4 rings (SSSR count). The van der Waals surface area contributed by atoms with E-state index in [1.165, 1.54) is 10.8 Å². The fourth-order valence-corrected chi connectivity index (χ4v) is 4.09. The van der Waals surface area contributed by atoms with Gasteiger partial charge < -0.3 is 10.2 Å². The number of carbonyl (C=O) groups is 2. The van der Waals surface area contributed by atoms with Gasteiger partial charge >= 0.3 is 0 Å². The molecule has 1 fully saturated rings. The lowest BCUT2D eigenvalue weighted by Crippen LogP contribution is -2.43. The summed E-state index contributed by atoms with van der Waals surface area (Å²) in [4.78, 5) is 27.1. The zero-order valence-corrected chi connectivity index (χ0v) is 17.8. The highest BCUT2D eigenvalue weighted by molar-refractivity contribution is 5.92. The van der Waals surface area contributed by atoms with Crippen molar-refractivity contribution in [3.63, 3.8) is 0 Å². The lowest BCUT2D eigenvalue weighted by atomic mass is 9.95. The third kappa shape index (κ3) is 5.21. The Hall–Kier alpha value is -3.40. The number of piperidine rings is 1. The van der Waals surface area contributed by atoms with Crippen molar-refractivity contribution in [2.24, 2.45) is 5.92 Å². The predicted molar refractivity (Wildman–Crippen MR) is 125 cm³/mol. The van der Waals surface area contributed by atoms with Crippen molar-refractivity contribution in [2.45, 2.75) is 25.8 Å². The number of hydrogen-bond acceptors (Lipinski definition) is 2. The second-order valence-electron chi connectivity index (χ2n) is 8.18. The van der Waals surface area contributed by atoms with Gasteiger partial charge in [-0.3, -0.25) is 9.59 Å². The van der Waals surface area contributed by atoms with Crippen molar-refractivity contribution in [1.29, 1.82) is 0 Å². The van der Waals surface area contributed by atoms with Crippen LogP contribution in [0.4, 0.5) is 0 Å². The first-order valence-electron chi connectivity index (χ1n) is 10.9. The molecule has 1 saturated heterocycles. The zero-order chi connectivity index (χ0) is 21.6. The third-order valence-electron chi connectivity index (χ3n) is 6.03. The van der Waals surface area contributed by atoms with Crippen LogP contribution in [-0.4, -0.2) is 29.8 Å². The first-order valence-corrected chi connectivity index (χ1v) is 10.9. The SMILES string of the molecule is CC(NC(=O)C1CCN(C(=O)/C=C/c2ccccc2)CC1)c1ccc2ccccc2c1. The molecule has 0 saturated carbocycles. The molecule has 1 heterocycles. The summed E-state index contributed by atoms with van der Waals surface area (Å²) < 4.78 is 0. The summed E-state index contributed by atoms with van der Waals surface area (Å²) in [6.45, 7) is 3.25. The normalized spacial score (nSPS) is 15.8.